The van der Waals surface area contributed by atoms with Gasteiger partial charge in [-0.25, -0.2) is 4.39 Å². The minimum Gasteiger partial charge on any atom is -0.398 e. The molecule has 0 aliphatic heterocycles. The number of rotatable bonds is 3. The summed E-state index contributed by atoms with van der Waals surface area (Å²) in [6.45, 7) is 0. The van der Waals surface area contributed by atoms with E-state index >= 15 is 0 Å². The van der Waals surface area contributed by atoms with Crippen molar-refractivity contribution in [2.24, 2.45) is 0 Å². The minimum atomic E-state index is -0.210. The lowest BCUT2D eigenvalue weighted by atomic mass is 10.2. The molecule has 5 heteroatoms. The minimum absolute atomic E-state index is 0.210. The Balaban J connectivity index is 2.09. The van der Waals surface area contributed by atoms with Crippen LogP contribution < -0.4 is 5.73 Å². The Morgan fingerprint density at radius 1 is 1.22 bits per heavy atom. The Labute approximate surface area is 123 Å². The van der Waals surface area contributed by atoms with Crippen LogP contribution in [0, 0.1) is 5.82 Å². The first-order valence-corrected chi connectivity index (χ1v) is 7.33. The SMILES string of the molecule is Nc1ccc(SCc2ccc(Br)cc2F)cc1Cl. The highest BCUT2D eigenvalue weighted by molar-refractivity contribution is 9.10. The Kier molecular flexibility index (Phi) is 4.54. The average Bonchev–Trinajstić information content (AvgIpc) is 2.32. The molecule has 2 rings (SSSR count). The van der Waals surface area contributed by atoms with Gasteiger partial charge >= 0.3 is 0 Å². The Hall–Kier alpha value is -0.710. The number of benzene rings is 2. The largest absolute Gasteiger partial charge is 0.398 e. The predicted molar refractivity (Wildman–Crippen MR) is 79.5 cm³/mol. The smallest absolute Gasteiger partial charge is 0.128 e. The zero-order chi connectivity index (χ0) is 13.1. The molecule has 0 bridgehead atoms. The van der Waals surface area contributed by atoms with Crippen LogP contribution in [0.1, 0.15) is 5.56 Å². The predicted octanol–water partition coefficient (Wildman–Crippen LogP) is 5.12. The topological polar surface area (TPSA) is 26.0 Å². The third-order valence-corrected chi connectivity index (χ3v) is 4.24. The molecular weight excluding hydrogens is 337 g/mol. The molecule has 0 spiro atoms. The van der Waals surface area contributed by atoms with E-state index in [0.29, 0.717) is 22.0 Å². The highest BCUT2D eigenvalue weighted by Crippen LogP contribution is 2.29. The third kappa shape index (κ3) is 3.40. The Morgan fingerprint density at radius 2 is 2.00 bits per heavy atom. The molecule has 2 N–H and O–H groups in total. The van der Waals surface area contributed by atoms with Crippen molar-refractivity contribution in [2.45, 2.75) is 10.6 Å². The molecule has 0 aliphatic rings. The van der Waals surface area contributed by atoms with Crippen molar-refractivity contribution in [1.82, 2.24) is 0 Å². The van der Waals surface area contributed by atoms with E-state index in [-0.39, 0.29) is 5.82 Å². The first kappa shape index (κ1) is 13.7. The molecule has 0 saturated carbocycles. The normalized spacial score (nSPS) is 10.6. The molecule has 18 heavy (non-hydrogen) atoms. The van der Waals surface area contributed by atoms with E-state index in [4.69, 9.17) is 17.3 Å². The maximum absolute atomic E-state index is 13.6. The first-order valence-electron chi connectivity index (χ1n) is 5.18. The summed E-state index contributed by atoms with van der Waals surface area (Å²) in [7, 11) is 0. The molecule has 2 aromatic carbocycles. The molecule has 94 valence electrons. The van der Waals surface area contributed by atoms with E-state index in [9.17, 15) is 4.39 Å². The average molecular weight is 347 g/mol. The zero-order valence-corrected chi connectivity index (χ0v) is 12.4. The van der Waals surface area contributed by atoms with E-state index in [1.807, 2.05) is 12.1 Å². The van der Waals surface area contributed by atoms with E-state index in [1.165, 1.54) is 17.8 Å². The van der Waals surface area contributed by atoms with Gasteiger partial charge in [-0.15, -0.1) is 11.8 Å². The van der Waals surface area contributed by atoms with Gasteiger partial charge in [0.05, 0.1) is 10.7 Å². The van der Waals surface area contributed by atoms with Gasteiger partial charge in [-0.3, -0.25) is 0 Å². The summed E-state index contributed by atoms with van der Waals surface area (Å²) in [5.41, 5.74) is 6.85. The number of nitrogen functional groups attached to an aromatic ring is 1. The van der Waals surface area contributed by atoms with Gasteiger partial charge in [0.15, 0.2) is 0 Å². The monoisotopic (exact) mass is 345 g/mol. The number of hydrogen-bond acceptors (Lipinski definition) is 2. The molecule has 0 aliphatic carbocycles. The van der Waals surface area contributed by atoms with Crippen LogP contribution in [0.4, 0.5) is 10.1 Å². The molecule has 0 heterocycles. The van der Waals surface area contributed by atoms with Crippen LogP contribution in [-0.2, 0) is 5.75 Å². The highest BCUT2D eigenvalue weighted by atomic mass is 79.9. The summed E-state index contributed by atoms with van der Waals surface area (Å²) in [5.74, 6) is 0.345. The molecule has 0 aromatic heterocycles. The molecule has 0 unspecified atom stereocenters. The molecule has 0 atom stereocenters. The van der Waals surface area contributed by atoms with Gasteiger partial charge < -0.3 is 5.73 Å². The van der Waals surface area contributed by atoms with E-state index < -0.39 is 0 Å². The fraction of sp³-hybridized carbons (Fsp3) is 0.0769. The van der Waals surface area contributed by atoms with Gasteiger partial charge in [0.2, 0.25) is 0 Å². The van der Waals surface area contributed by atoms with Crippen LogP contribution in [0.15, 0.2) is 45.8 Å². The summed E-state index contributed by atoms with van der Waals surface area (Å²) in [5, 5.41) is 0.524. The second kappa shape index (κ2) is 5.95. The summed E-state index contributed by atoms with van der Waals surface area (Å²) >= 11 is 10.7. The number of nitrogens with two attached hydrogens (primary N) is 1. The van der Waals surface area contributed by atoms with Gasteiger partial charge in [-0.1, -0.05) is 33.6 Å². The van der Waals surface area contributed by atoms with Crippen molar-refractivity contribution in [2.75, 3.05) is 5.73 Å². The number of anilines is 1. The van der Waals surface area contributed by atoms with Crippen LogP contribution >= 0.6 is 39.3 Å². The maximum Gasteiger partial charge on any atom is 0.128 e. The standard InChI is InChI=1S/C13H10BrClFNS/c14-9-2-1-8(12(16)5-9)7-18-10-3-4-13(17)11(15)6-10/h1-6H,7,17H2. The lowest BCUT2D eigenvalue weighted by Crippen LogP contribution is -1.88. The fourth-order valence-electron chi connectivity index (χ4n) is 1.40. The maximum atomic E-state index is 13.6. The summed E-state index contributed by atoms with van der Waals surface area (Å²) < 4.78 is 14.3. The van der Waals surface area contributed by atoms with Crippen molar-refractivity contribution in [1.29, 1.82) is 0 Å². The molecule has 0 radical (unpaired) electrons. The van der Waals surface area contributed by atoms with Crippen molar-refractivity contribution < 1.29 is 4.39 Å². The van der Waals surface area contributed by atoms with Crippen molar-refractivity contribution >= 4 is 45.0 Å². The first-order chi connectivity index (χ1) is 8.56. The second-order valence-corrected chi connectivity index (χ2v) is 6.08. The number of thioether (sulfide) groups is 1. The summed E-state index contributed by atoms with van der Waals surface area (Å²) in [6, 6.07) is 10.5. The lowest BCUT2D eigenvalue weighted by Gasteiger charge is -2.05. The summed E-state index contributed by atoms with van der Waals surface area (Å²) in [4.78, 5) is 0.969. The lowest BCUT2D eigenvalue weighted by molar-refractivity contribution is 0.616. The Morgan fingerprint density at radius 3 is 2.67 bits per heavy atom. The van der Waals surface area contributed by atoms with Crippen LogP contribution in [0.2, 0.25) is 5.02 Å². The summed E-state index contributed by atoms with van der Waals surface area (Å²) in [6.07, 6.45) is 0. The van der Waals surface area contributed by atoms with Crippen molar-refractivity contribution in [3.05, 3.63) is 57.3 Å². The molecule has 0 fully saturated rings. The molecule has 1 nitrogen and oxygen atoms in total. The molecule has 2 aromatic rings. The molecular formula is C13H10BrClFNS. The Bertz CT molecular complexity index is 577. The molecule has 0 amide bonds. The van der Waals surface area contributed by atoms with Crippen LogP contribution in [0.5, 0.6) is 0 Å². The van der Waals surface area contributed by atoms with Gasteiger partial charge in [0.1, 0.15) is 5.82 Å². The van der Waals surface area contributed by atoms with E-state index in [1.54, 1.807) is 18.2 Å². The van der Waals surface area contributed by atoms with Gasteiger partial charge in [-0.2, -0.15) is 0 Å². The van der Waals surface area contributed by atoms with Crippen molar-refractivity contribution in [3.63, 3.8) is 0 Å². The van der Waals surface area contributed by atoms with Crippen molar-refractivity contribution in [3.8, 4) is 0 Å². The third-order valence-electron chi connectivity index (χ3n) is 2.38. The van der Waals surface area contributed by atoms with Gasteiger partial charge in [-0.05, 0) is 35.9 Å². The quantitative estimate of drug-likeness (QED) is 0.617. The highest BCUT2D eigenvalue weighted by Gasteiger charge is 2.05. The second-order valence-electron chi connectivity index (χ2n) is 3.71. The van der Waals surface area contributed by atoms with Crippen LogP contribution in [-0.4, -0.2) is 0 Å². The number of halogens is 3. The van der Waals surface area contributed by atoms with Crippen LogP contribution in [0.25, 0.3) is 0 Å². The van der Waals surface area contributed by atoms with E-state index in [0.717, 1.165) is 9.37 Å². The molecule has 0 saturated heterocycles. The van der Waals surface area contributed by atoms with Gasteiger partial charge in [0.25, 0.3) is 0 Å². The number of hydrogen-bond donors (Lipinski definition) is 1. The van der Waals surface area contributed by atoms with Gasteiger partial charge in [0, 0.05) is 15.1 Å². The van der Waals surface area contributed by atoms with Crippen LogP contribution in [0.3, 0.4) is 0 Å². The zero-order valence-electron chi connectivity index (χ0n) is 9.29. The van der Waals surface area contributed by atoms with E-state index in [2.05, 4.69) is 15.9 Å². The fourth-order valence-corrected chi connectivity index (χ4v) is 2.90.